The standard InChI is InChI=1S/C19H24/c1-15(17-11-7-5-8-12-17)19(3,4)16(2)18-13-9-6-10-14-18/h5-16H,1-4H3. The van der Waals surface area contributed by atoms with E-state index in [1.165, 1.54) is 11.1 Å². The van der Waals surface area contributed by atoms with Crippen LogP contribution >= 0.6 is 0 Å². The average Bonchev–Trinajstić information content (AvgIpc) is 2.47. The molecule has 2 atom stereocenters. The van der Waals surface area contributed by atoms with Crippen molar-refractivity contribution in [1.82, 2.24) is 0 Å². The summed E-state index contributed by atoms with van der Waals surface area (Å²) in [5.41, 5.74) is 3.08. The molecule has 0 aliphatic rings. The summed E-state index contributed by atoms with van der Waals surface area (Å²) >= 11 is 0. The summed E-state index contributed by atoms with van der Waals surface area (Å²) in [6.07, 6.45) is 0. The van der Waals surface area contributed by atoms with Gasteiger partial charge in [-0.1, -0.05) is 88.4 Å². The first kappa shape index (κ1) is 13.9. The number of hydrogen-bond acceptors (Lipinski definition) is 0. The van der Waals surface area contributed by atoms with Crippen molar-refractivity contribution in [2.75, 3.05) is 0 Å². The minimum absolute atomic E-state index is 0.225. The fourth-order valence-electron chi connectivity index (χ4n) is 2.72. The number of rotatable bonds is 4. The second-order valence-electron chi connectivity index (χ2n) is 6.09. The summed E-state index contributed by atoms with van der Waals surface area (Å²) in [6, 6.07) is 21.7. The van der Waals surface area contributed by atoms with E-state index < -0.39 is 0 Å². The highest BCUT2D eigenvalue weighted by Crippen LogP contribution is 2.45. The first-order valence-electron chi connectivity index (χ1n) is 7.13. The summed E-state index contributed by atoms with van der Waals surface area (Å²) in [6.45, 7) is 9.44. The SMILES string of the molecule is CC(c1ccccc1)C(C)(C)C(C)c1ccccc1. The monoisotopic (exact) mass is 252 g/mol. The van der Waals surface area contributed by atoms with Gasteiger partial charge in [-0.15, -0.1) is 0 Å². The summed E-state index contributed by atoms with van der Waals surface area (Å²) in [5.74, 6) is 1.06. The summed E-state index contributed by atoms with van der Waals surface area (Å²) in [7, 11) is 0. The van der Waals surface area contributed by atoms with Gasteiger partial charge in [0.05, 0.1) is 0 Å². The van der Waals surface area contributed by atoms with Crippen LogP contribution in [-0.2, 0) is 0 Å². The van der Waals surface area contributed by atoms with E-state index in [-0.39, 0.29) is 5.41 Å². The fourth-order valence-corrected chi connectivity index (χ4v) is 2.72. The van der Waals surface area contributed by atoms with Crippen molar-refractivity contribution in [2.45, 2.75) is 39.5 Å². The molecule has 0 nitrogen and oxygen atoms in total. The number of hydrogen-bond donors (Lipinski definition) is 0. The van der Waals surface area contributed by atoms with Crippen molar-refractivity contribution in [1.29, 1.82) is 0 Å². The first-order chi connectivity index (χ1) is 9.03. The molecular formula is C19H24. The van der Waals surface area contributed by atoms with Gasteiger partial charge in [-0.25, -0.2) is 0 Å². The Balaban J connectivity index is 2.27. The van der Waals surface area contributed by atoms with Gasteiger partial charge in [0.25, 0.3) is 0 Å². The second kappa shape index (κ2) is 5.61. The Morgan fingerprint density at radius 2 is 0.947 bits per heavy atom. The Morgan fingerprint density at radius 1 is 0.632 bits per heavy atom. The molecule has 0 N–H and O–H groups in total. The second-order valence-corrected chi connectivity index (χ2v) is 6.09. The third-order valence-electron chi connectivity index (χ3n) is 4.83. The Kier molecular flexibility index (Phi) is 4.09. The molecule has 0 bridgehead atoms. The van der Waals surface area contributed by atoms with Crippen LogP contribution in [0.1, 0.15) is 50.7 Å². The first-order valence-corrected chi connectivity index (χ1v) is 7.13. The molecule has 0 heteroatoms. The highest BCUT2D eigenvalue weighted by Gasteiger charge is 2.33. The highest BCUT2D eigenvalue weighted by atomic mass is 14.4. The maximum Gasteiger partial charge on any atom is -0.0133 e. The van der Waals surface area contributed by atoms with Crippen LogP contribution in [0.2, 0.25) is 0 Å². The van der Waals surface area contributed by atoms with Crippen molar-refractivity contribution < 1.29 is 0 Å². The van der Waals surface area contributed by atoms with Crippen molar-refractivity contribution in [3.05, 3.63) is 71.8 Å². The average molecular weight is 252 g/mol. The molecule has 0 fully saturated rings. The molecular weight excluding hydrogens is 228 g/mol. The molecule has 0 spiro atoms. The van der Waals surface area contributed by atoms with Gasteiger partial charge in [0.1, 0.15) is 0 Å². The van der Waals surface area contributed by atoms with Crippen molar-refractivity contribution in [3.63, 3.8) is 0 Å². The minimum atomic E-state index is 0.225. The molecule has 0 amide bonds. The van der Waals surface area contributed by atoms with E-state index in [1.54, 1.807) is 0 Å². The molecule has 2 unspecified atom stereocenters. The lowest BCUT2D eigenvalue weighted by Gasteiger charge is -2.38. The Morgan fingerprint density at radius 3 is 1.26 bits per heavy atom. The third kappa shape index (κ3) is 2.89. The zero-order chi connectivity index (χ0) is 13.9. The molecule has 0 aliphatic heterocycles. The van der Waals surface area contributed by atoms with Gasteiger partial charge < -0.3 is 0 Å². The van der Waals surface area contributed by atoms with Crippen LogP contribution in [0.15, 0.2) is 60.7 Å². The van der Waals surface area contributed by atoms with E-state index in [9.17, 15) is 0 Å². The summed E-state index contributed by atoms with van der Waals surface area (Å²) < 4.78 is 0. The van der Waals surface area contributed by atoms with Crippen molar-refractivity contribution in [2.24, 2.45) is 5.41 Å². The normalized spacial score (nSPS) is 14.9. The summed E-state index contributed by atoms with van der Waals surface area (Å²) in [4.78, 5) is 0. The van der Waals surface area contributed by atoms with Gasteiger partial charge in [0, 0.05) is 0 Å². The highest BCUT2D eigenvalue weighted by molar-refractivity contribution is 5.26. The fraction of sp³-hybridized carbons (Fsp3) is 0.368. The topological polar surface area (TPSA) is 0 Å². The third-order valence-corrected chi connectivity index (χ3v) is 4.83. The van der Waals surface area contributed by atoms with Crippen LogP contribution in [0.25, 0.3) is 0 Å². The van der Waals surface area contributed by atoms with E-state index in [2.05, 4.69) is 88.4 Å². The largest absolute Gasteiger partial charge is 0.0622 e. The van der Waals surface area contributed by atoms with Crippen LogP contribution in [0.3, 0.4) is 0 Å². The Labute approximate surface area is 117 Å². The zero-order valence-electron chi connectivity index (χ0n) is 12.4. The quantitative estimate of drug-likeness (QED) is 0.662. The van der Waals surface area contributed by atoms with Gasteiger partial charge in [-0.2, -0.15) is 0 Å². The molecule has 2 rings (SSSR count). The predicted molar refractivity (Wildman–Crippen MR) is 83.5 cm³/mol. The van der Waals surface area contributed by atoms with E-state index in [1.807, 2.05) is 0 Å². The van der Waals surface area contributed by atoms with Gasteiger partial charge >= 0.3 is 0 Å². The van der Waals surface area contributed by atoms with Crippen LogP contribution in [0.4, 0.5) is 0 Å². The Hall–Kier alpha value is -1.56. The van der Waals surface area contributed by atoms with E-state index >= 15 is 0 Å². The van der Waals surface area contributed by atoms with Crippen LogP contribution < -0.4 is 0 Å². The molecule has 0 aliphatic carbocycles. The molecule has 0 aromatic heterocycles. The van der Waals surface area contributed by atoms with E-state index in [0.717, 1.165) is 0 Å². The van der Waals surface area contributed by atoms with E-state index in [0.29, 0.717) is 11.8 Å². The number of benzene rings is 2. The Bertz CT molecular complexity index is 449. The van der Waals surface area contributed by atoms with Crippen molar-refractivity contribution >= 4 is 0 Å². The lowest BCUT2D eigenvalue weighted by Crippen LogP contribution is -2.26. The molecule has 0 saturated heterocycles. The molecule has 100 valence electrons. The van der Waals surface area contributed by atoms with Crippen LogP contribution in [-0.4, -0.2) is 0 Å². The molecule has 2 aromatic rings. The minimum Gasteiger partial charge on any atom is -0.0622 e. The maximum absolute atomic E-state index is 2.38. The van der Waals surface area contributed by atoms with Gasteiger partial charge in [-0.05, 0) is 28.4 Å². The summed E-state index contributed by atoms with van der Waals surface area (Å²) in [5, 5.41) is 0. The molecule has 0 heterocycles. The van der Waals surface area contributed by atoms with Crippen LogP contribution in [0.5, 0.6) is 0 Å². The van der Waals surface area contributed by atoms with Crippen molar-refractivity contribution in [3.8, 4) is 0 Å². The maximum atomic E-state index is 2.38. The molecule has 0 saturated carbocycles. The smallest absolute Gasteiger partial charge is 0.0133 e. The van der Waals surface area contributed by atoms with Gasteiger partial charge in [0.2, 0.25) is 0 Å². The predicted octanol–water partition coefficient (Wildman–Crippen LogP) is 5.62. The van der Waals surface area contributed by atoms with Gasteiger partial charge in [-0.3, -0.25) is 0 Å². The zero-order valence-corrected chi connectivity index (χ0v) is 12.4. The lowest BCUT2D eigenvalue weighted by atomic mass is 9.66. The van der Waals surface area contributed by atoms with E-state index in [4.69, 9.17) is 0 Å². The van der Waals surface area contributed by atoms with Gasteiger partial charge in [0.15, 0.2) is 0 Å². The molecule has 19 heavy (non-hydrogen) atoms. The van der Waals surface area contributed by atoms with Crippen LogP contribution in [0, 0.1) is 5.41 Å². The lowest BCUT2D eigenvalue weighted by molar-refractivity contribution is 0.247. The molecule has 0 radical (unpaired) electrons. The molecule has 2 aromatic carbocycles.